The molecule has 0 saturated heterocycles. The Morgan fingerprint density at radius 1 is 0.653 bits per heavy atom. The van der Waals surface area contributed by atoms with E-state index in [9.17, 15) is 24.0 Å². The van der Waals surface area contributed by atoms with Gasteiger partial charge in [0.25, 0.3) is 0 Å². The molecule has 4 aromatic carbocycles. The third kappa shape index (κ3) is 11.6. The predicted molar refractivity (Wildman–Crippen MR) is 183 cm³/mol. The van der Waals surface area contributed by atoms with Crippen LogP contribution >= 0.6 is 0 Å². The van der Waals surface area contributed by atoms with Crippen molar-refractivity contribution in [2.24, 2.45) is 0 Å². The Balaban J connectivity index is 0.00000121. The zero-order valence-electron chi connectivity index (χ0n) is 27.0. The average Bonchev–Trinajstić information content (AvgIpc) is 3.13. The van der Waals surface area contributed by atoms with Crippen LogP contribution in [0.15, 0.2) is 128 Å². The SMILES string of the molecule is C=C(C)C=O.C=CC(=O)Oc1ccc(CCOC(=O)c2ccc(-c3ccc(OC(=O)c4ccc(OC)cc4)cc3)cc2)cc1OC(=O)C=C. The quantitative estimate of drug-likeness (QED) is 0.0643. The van der Waals surface area contributed by atoms with E-state index < -0.39 is 23.9 Å². The van der Waals surface area contributed by atoms with Crippen LogP contribution in [0, 0.1) is 0 Å². The number of hydrogen-bond donors (Lipinski definition) is 0. The fraction of sp³-hybridized carbons (Fsp3) is 0.103. The number of carbonyl (C=O) groups is 5. The second kappa shape index (κ2) is 18.6. The summed E-state index contributed by atoms with van der Waals surface area (Å²) in [6.07, 6.45) is 3.00. The maximum atomic E-state index is 12.6. The molecule has 250 valence electrons. The summed E-state index contributed by atoms with van der Waals surface area (Å²) in [5.74, 6) is -1.32. The van der Waals surface area contributed by atoms with Gasteiger partial charge < -0.3 is 23.7 Å². The van der Waals surface area contributed by atoms with Gasteiger partial charge in [-0.25, -0.2) is 19.2 Å². The van der Waals surface area contributed by atoms with E-state index in [0.717, 1.165) is 29.6 Å². The van der Waals surface area contributed by atoms with E-state index in [2.05, 4.69) is 19.7 Å². The van der Waals surface area contributed by atoms with Gasteiger partial charge in [0.05, 0.1) is 24.8 Å². The fourth-order valence-electron chi connectivity index (χ4n) is 3.92. The molecule has 0 fully saturated rings. The molecule has 0 aliphatic heterocycles. The summed E-state index contributed by atoms with van der Waals surface area (Å²) in [5, 5.41) is 0. The molecule has 0 aliphatic rings. The van der Waals surface area contributed by atoms with Crippen molar-refractivity contribution in [3.63, 3.8) is 0 Å². The second-order valence-corrected chi connectivity index (χ2v) is 10.1. The van der Waals surface area contributed by atoms with E-state index in [1.165, 1.54) is 12.1 Å². The van der Waals surface area contributed by atoms with Gasteiger partial charge in [-0.2, -0.15) is 0 Å². The lowest BCUT2D eigenvalue weighted by atomic mass is 10.0. The summed E-state index contributed by atoms with van der Waals surface area (Å²) in [7, 11) is 1.55. The van der Waals surface area contributed by atoms with Crippen molar-refractivity contribution in [1.29, 1.82) is 0 Å². The predicted octanol–water partition coefficient (Wildman–Crippen LogP) is 6.93. The van der Waals surface area contributed by atoms with E-state index in [4.69, 9.17) is 23.7 Å². The van der Waals surface area contributed by atoms with Gasteiger partial charge in [0, 0.05) is 18.6 Å². The van der Waals surface area contributed by atoms with Gasteiger partial charge in [-0.05, 0) is 89.9 Å². The molecule has 0 radical (unpaired) electrons. The van der Waals surface area contributed by atoms with Gasteiger partial charge in [-0.3, -0.25) is 4.79 Å². The summed E-state index contributed by atoms with van der Waals surface area (Å²) < 4.78 is 26.2. The monoisotopic (exact) mass is 662 g/mol. The van der Waals surface area contributed by atoms with Crippen molar-refractivity contribution in [1.82, 2.24) is 0 Å². The van der Waals surface area contributed by atoms with Crippen LogP contribution < -0.4 is 18.9 Å². The minimum absolute atomic E-state index is 0.0212. The van der Waals surface area contributed by atoms with Crippen LogP contribution in [0.25, 0.3) is 11.1 Å². The molecule has 4 rings (SSSR count). The molecular formula is C39H34O10. The molecule has 0 heterocycles. The maximum Gasteiger partial charge on any atom is 0.343 e. The Kier molecular flexibility index (Phi) is 14.0. The van der Waals surface area contributed by atoms with E-state index in [1.54, 1.807) is 80.8 Å². The van der Waals surface area contributed by atoms with Gasteiger partial charge in [0.1, 0.15) is 17.8 Å². The molecule has 49 heavy (non-hydrogen) atoms. The molecule has 10 nitrogen and oxygen atoms in total. The molecule has 0 spiro atoms. The van der Waals surface area contributed by atoms with Crippen LogP contribution in [0.3, 0.4) is 0 Å². The average molecular weight is 663 g/mol. The lowest BCUT2D eigenvalue weighted by molar-refractivity contribution is -0.131. The van der Waals surface area contributed by atoms with Crippen molar-refractivity contribution >= 4 is 30.2 Å². The molecular weight excluding hydrogens is 628 g/mol. The molecule has 10 heteroatoms. The first-order valence-electron chi connectivity index (χ1n) is 14.7. The Morgan fingerprint density at radius 3 is 1.67 bits per heavy atom. The zero-order chi connectivity index (χ0) is 35.8. The van der Waals surface area contributed by atoms with E-state index >= 15 is 0 Å². The highest BCUT2D eigenvalue weighted by molar-refractivity contribution is 5.91. The largest absolute Gasteiger partial charge is 0.497 e. The summed E-state index contributed by atoms with van der Waals surface area (Å²) in [6.45, 7) is 11.7. The number of rotatable bonds is 13. The topological polar surface area (TPSA) is 132 Å². The molecule has 4 aromatic rings. The third-order valence-corrected chi connectivity index (χ3v) is 6.43. The standard InChI is InChI=1S/C35H28O9.C4H6O/c1-4-32(36)43-30-19-6-23(22-31(30)44-33(37)5-2)20-21-41-34(38)26-9-7-24(8-10-26)25-11-17-29(18-12-25)42-35(39)27-13-15-28(40-3)16-14-27;1-4(2)3-5/h4-19,22H,1-2,20-21H2,3H3;3H,1H2,2H3. The molecule has 0 atom stereocenters. The number of carbonyl (C=O) groups excluding carboxylic acids is 5. The number of allylic oxidation sites excluding steroid dienone is 1. The Morgan fingerprint density at radius 2 is 1.14 bits per heavy atom. The minimum atomic E-state index is -0.725. The van der Waals surface area contributed by atoms with Gasteiger partial charge >= 0.3 is 23.9 Å². The van der Waals surface area contributed by atoms with Crippen molar-refractivity contribution in [3.8, 4) is 34.1 Å². The fourth-order valence-corrected chi connectivity index (χ4v) is 3.92. The molecule has 0 amide bonds. The molecule has 0 aliphatic carbocycles. The van der Waals surface area contributed by atoms with Crippen LogP contribution in [0.1, 0.15) is 33.2 Å². The van der Waals surface area contributed by atoms with Gasteiger partial charge in [-0.1, -0.05) is 50.1 Å². The van der Waals surface area contributed by atoms with Crippen molar-refractivity contribution < 1.29 is 47.7 Å². The van der Waals surface area contributed by atoms with E-state index in [1.807, 2.05) is 12.1 Å². The Hall–Kier alpha value is -6.55. The van der Waals surface area contributed by atoms with E-state index in [0.29, 0.717) is 40.2 Å². The van der Waals surface area contributed by atoms with Crippen LogP contribution in [-0.4, -0.2) is 43.9 Å². The number of hydrogen-bond acceptors (Lipinski definition) is 10. The highest BCUT2D eigenvalue weighted by Gasteiger charge is 2.14. The van der Waals surface area contributed by atoms with Gasteiger partial charge in [0.2, 0.25) is 0 Å². The second-order valence-electron chi connectivity index (χ2n) is 10.1. The third-order valence-electron chi connectivity index (χ3n) is 6.43. The van der Waals surface area contributed by atoms with Crippen LogP contribution in [-0.2, 0) is 25.5 Å². The number of ether oxygens (including phenoxy) is 5. The van der Waals surface area contributed by atoms with Gasteiger partial charge in [-0.15, -0.1) is 0 Å². The molecule has 0 saturated carbocycles. The Bertz CT molecular complexity index is 1820. The number of esters is 4. The van der Waals surface area contributed by atoms with Crippen molar-refractivity contribution in [2.75, 3.05) is 13.7 Å². The van der Waals surface area contributed by atoms with E-state index in [-0.39, 0.29) is 18.1 Å². The maximum absolute atomic E-state index is 12.6. The molecule has 0 bridgehead atoms. The first kappa shape index (κ1) is 36.9. The lowest BCUT2D eigenvalue weighted by Crippen LogP contribution is -2.10. The van der Waals surface area contributed by atoms with Crippen molar-refractivity contribution in [2.45, 2.75) is 13.3 Å². The summed E-state index contributed by atoms with van der Waals surface area (Å²) in [4.78, 5) is 57.7. The first-order chi connectivity index (χ1) is 23.6. The summed E-state index contributed by atoms with van der Waals surface area (Å²) in [5.41, 5.74) is 3.74. The molecule has 0 N–H and O–H groups in total. The highest BCUT2D eigenvalue weighted by Crippen LogP contribution is 2.29. The van der Waals surface area contributed by atoms with Crippen LogP contribution in [0.5, 0.6) is 23.0 Å². The first-order valence-corrected chi connectivity index (χ1v) is 14.7. The summed E-state index contributed by atoms with van der Waals surface area (Å²) in [6, 6.07) is 25.2. The number of aldehydes is 1. The number of methoxy groups -OCH3 is 1. The molecule has 0 unspecified atom stereocenters. The normalized spacial score (nSPS) is 9.84. The van der Waals surface area contributed by atoms with Crippen molar-refractivity contribution in [3.05, 3.63) is 145 Å². The van der Waals surface area contributed by atoms with Crippen LogP contribution in [0.4, 0.5) is 0 Å². The smallest absolute Gasteiger partial charge is 0.343 e. The Labute approximate surface area is 283 Å². The minimum Gasteiger partial charge on any atom is -0.497 e. The molecule has 0 aromatic heterocycles. The lowest BCUT2D eigenvalue weighted by Gasteiger charge is -2.11. The highest BCUT2D eigenvalue weighted by atomic mass is 16.6. The summed E-state index contributed by atoms with van der Waals surface area (Å²) >= 11 is 0. The number of benzene rings is 4. The van der Waals surface area contributed by atoms with Gasteiger partial charge in [0.15, 0.2) is 11.5 Å². The zero-order valence-corrected chi connectivity index (χ0v) is 27.0. The van der Waals surface area contributed by atoms with Crippen LogP contribution in [0.2, 0.25) is 0 Å².